The maximum atomic E-state index is 12.9. The van der Waals surface area contributed by atoms with Crippen molar-refractivity contribution in [1.29, 1.82) is 0 Å². The van der Waals surface area contributed by atoms with Crippen molar-refractivity contribution in [2.75, 3.05) is 5.32 Å². The standard InChI is InChI=1S/C21H18N4O3S/c1-14-6-12-17(13-7-14)29(27,28)25-21-20(22-15-8-10-16(26)11-9-15)23-18-4-2-3-5-19(18)24-21/h2-13,26H,1H3,(H,22,23)(H,24,25)/p+1. The molecule has 0 aliphatic heterocycles. The molecule has 0 saturated carbocycles. The fourth-order valence-corrected chi connectivity index (χ4v) is 3.92. The number of hydrogen-bond donors (Lipinski definition) is 3. The lowest BCUT2D eigenvalue weighted by atomic mass is 10.2. The molecule has 0 unspecified atom stereocenters. The van der Waals surface area contributed by atoms with Gasteiger partial charge in [-0.2, -0.15) is 18.1 Å². The van der Waals surface area contributed by atoms with E-state index in [9.17, 15) is 13.5 Å². The molecule has 0 aliphatic rings. The van der Waals surface area contributed by atoms with Crippen LogP contribution in [-0.2, 0) is 10.0 Å². The Morgan fingerprint density at radius 3 is 2.14 bits per heavy atom. The zero-order valence-electron chi connectivity index (χ0n) is 15.6. The van der Waals surface area contributed by atoms with Gasteiger partial charge in [-0.05, 0) is 55.5 Å². The zero-order chi connectivity index (χ0) is 20.4. The second-order valence-corrected chi connectivity index (χ2v) is 8.39. The van der Waals surface area contributed by atoms with Gasteiger partial charge in [0.1, 0.15) is 10.6 Å². The fourth-order valence-electron chi connectivity index (χ4n) is 2.81. The maximum Gasteiger partial charge on any atom is 0.330 e. The summed E-state index contributed by atoms with van der Waals surface area (Å²) in [4.78, 5) is 9.25. The highest BCUT2D eigenvalue weighted by molar-refractivity contribution is 7.85. The molecular formula is C21H19N4O3S+. The lowest BCUT2D eigenvalue weighted by Crippen LogP contribution is -2.82. The van der Waals surface area contributed by atoms with Crippen molar-refractivity contribution in [3.8, 4) is 5.75 Å². The number of para-hydroxylation sites is 2. The Balaban J connectivity index is 1.77. The Bertz CT molecular complexity index is 1270. The summed E-state index contributed by atoms with van der Waals surface area (Å²) in [5, 5.41) is 12.6. The van der Waals surface area contributed by atoms with E-state index in [2.05, 4.69) is 15.3 Å². The van der Waals surface area contributed by atoms with Crippen LogP contribution < -0.4 is 10.0 Å². The molecule has 29 heavy (non-hydrogen) atoms. The third-order valence-electron chi connectivity index (χ3n) is 4.34. The van der Waals surface area contributed by atoms with Gasteiger partial charge in [0.25, 0.3) is 5.82 Å². The second-order valence-electron chi connectivity index (χ2n) is 6.59. The number of rotatable bonds is 5. The summed E-state index contributed by atoms with van der Waals surface area (Å²) in [5.74, 6) is 0.649. The van der Waals surface area contributed by atoms with Gasteiger partial charge in [0.2, 0.25) is 5.82 Å². The topological polar surface area (TPSA) is 109 Å². The summed E-state index contributed by atoms with van der Waals surface area (Å²) in [6.07, 6.45) is 0. The zero-order valence-corrected chi connectivity index (χ0v) is 16.4. The van der Waals surface area contributed by atoms with Gasteiger partial charge in [-0.1, -0.05) is 29.8 Å². The molecule has 0 radical (unpaired) electrons. The number of nitrogens with two attached hydrogens (primary N) is 1. The predicted octanol–water partition coefficient (Wildman–Crippen LogP) is 2.97. The number of aromatic nitrogens is 2. The number of aromatic hydroxyl groups is 1. The highest BCUT2D eigenvalue weighted by Gasteiger charge is 2.24. The van der Waals surface area contributed by atoms with Crippen LogP contribution in [0, 0.1) is 6.92 Å². The summed E-state index contributed by atoms with van der Waals surface area (Å²) >= 11 is 0. The van der Waals surface area contributed by atoms with E-state index >= 15 is 0 Å². The number of fused-ring (bicyclic) bond motifs is 1. The van der Waals surface area contributed by atoms with Crippen LogP contribution in [0.4, 0.5) is 17.3 Å². The molecular weight excluding hydrogens is 388 g/mol. The van der Waals surface area contributed by atoms with Gasteiger partial charge in [0, 0.05) is 5.69 Å². The van der Waals surface area contributed by atoms with Crippen LogP contribution in [0.3, 0.4) is 0 Å². The van der Waals surface area contributed by atoms with Crippen molar-refractivity contribution in [3.05, 3.63) is 78.4 Å². The maximum absolute atomic E-state index is 12.9. The molecule has 0 atom stereocenters. The van der Waals surface area contributed by atoms with Crippen molar-refractivity contribution in [3.63, 3.8) is 0 Å². The molecule has 0 aliphatic carbocycles. The quantitative estimate of drug-likeness (QED) is 0.439. The first-order valence-electron chi connectivity index (χ1n) is 8.90. The highest BCUT2D eigenvalue weighted by Crippen LogP contribution is 2.24. The van der Waals surface area contributed by atoms with E-state index in [1.165, 1.54) is 12.1 Å². The first-order chi connectivity index (χ1) is 13.9. The number of sulfonamides is 1. The van der Waals surface area contributed by atoms with E-state index in [1.54, 1.807) is 42.5 Å². The number of phenols is 1. The Hall–Kier alpha value is -3.49. The molecule has 0 bridgehead atoms. The SMILES string of the molecule is Cc1ccc(S(=O)(=O)[NH2+]c2nc3ccccc3nc2Nc2ccc(O)cc2)cc1. The minimum absolute atomic E-state index is 0.133. The van der Waals surface area contributed by atoms with Gasteiger partial charge < -0.3 is 10.4 Å². The van der Waals surface area contributed by atoms with E-state index in [0.717, 1.165) is 10.3 Å². The van der Waals surface area contributed by atoms with E-state index < -0.39 is 10.0 Å². The molecule has 7 nitrogen and oxygen atoms in total. The van der Waals surface area contributed by atoms with Gasteiger partial charge in [-0.25, -0.2) is 4.98 Å². The molecule has 0 amide bonds. The van der Waals surface area contributed by atoms with Crippen LogP contribution in [0.15, 0.2) is 77.7 Å². The number of quaternary nitrogens is 1. The van der Waals surface area contributed by atoms with Gasteiger partial charge in [-0.15, -0.1) is 0 Å². The molecule has 0 spiro atoms. The monoisotopic (exact) mass is 407 g/mol. The van der Waals surface area contributed by atoms with Crippen LogP contribution in [-0.4, -0.2) is 23.5 Å². The third kappa shape index (κ3) is 4.18. The minimum atomic E-state index is -3.73. The van der Waals surface area contributed by atoms with Crippen LogP contribution >= 0.6 is 0 Å². The van der Waals surface area contributed by atoms with Crippen molar-refractivity contribution >= 4 is 38.4 Å². The van der Waals surface area contributed by atoms with Crippen LogP contribution in [0.25, 0.3) is 11.0 Å². The van der Waals surface area contributed by atoms with Gasteiger partial charge in [0.15, 0.2) is 0 Å². The lowest BCUT2D eigenvalue weighted by molar-refractivity contribution is -0.401. The van der Waals surface area contributed by atoms with Crippen LogP contribution in [0.1, 0.15) is 5.56 Å². The predicted molar refractivity (Wildman–Crippen MR) is 111 cm³/mol. The Kier molecular flexibility index (Phi) is 4.87. The van der Waals surface area contributed by atoms with Gasteiger partial charge in [-0.3, -0.25) is 0 Å². The molecule has 4 aromatic rings. The van der Waals surface area contributed by atoms with Gasteiger partial charge in [0.05, 0.1) is 11.0 Å². The molecule has 146 valence electrons. The number of phenolic OH excluding ortho intramolecular Hbond substituents is 1. The normalized spacial score (nSPS) is 11.5. The van der Waals surface area contributed by atoms with Gasteiger partial charge >= 0.3 is 10.0 Å². The number of aryl methyl sites for hydroxylation is 1. The molecule has 1 heterocycles. The molecule has 8 heteroatoms. The lowest BCUT2D eigenvalue weighted by Gasteiger charge is -2.10. The van der Waals surface area contributed by atoms with Crippen molar-refractivity contribution in [1.82, 2.24) is 9.97 Å². The number of hydrogen-bond acceptors (Lipinski definition) is 6. The molecule has 0 fully saturated rings. The number of anilines is 2. The summed E-state index contributed by atoms with van der Waals surface area (Å²) < 4.78 is 27.0. The van der Waals surface area contributed by atoms with Crippen molar-refractivity contribution in [2.24, 2.45) is 0 Å². The van der Waals surface area contributed by atoms with Crippen LogP contribution in [0.5, 0.6) is 5.75 Å². The van der Waals surface area contributed by atoms with E-state index in [4.69, 9.17) is 0 Å². The molecule has 4 N–H and O–H groups in total. The Morgan fingerprint density at radius 2 is 1.48 bits per heavy atom. The first-order valence-corrected chi connectivity index (χ1v) is 10.4. The molecule has 1 aromatic heterocycles. The smallest absolute Gasteiger partial charge is 0.330 e. The largest absolute Gasteiger partial charge is 0.508 e. The van der Waals surface area contributed by atoms with Crippen LogP contribution in [0.2, 0.25) is 0 Å². The number of benzene rings is 3. The second kappa shape index (κ2) is 7.50. The Labute approximate surface area is 168 Å². The fraction of sp³-hybridized carbons (Fsp3) is 0.0476. The number of nitrogens with one attached hydrogen (secondary N) is 1. The summed E-state index contributed by atoms with van der Waals surface area (Å²) in [5.41, 5.74) is 2.85. The van der Waals surface area contributed by atoms with E-state index in [0.29, 0.717) is 22.5 Å². The minimum Gasteiger partial charge on any atom is -0.508 e. The molecule has 0 saturated heterocycles. The average Bonchev–Trinajstić information content (AvgIpc) is 2.70. The van der Waals surface area contributed by atoms with E-state index in [1.807, 2.05) is 25.1 Å². The van der Waals surface area contributed by atoms with Crippen molar-refractivity contribution < 1.29 is 18.2 Å². The molecule has 4 rings (SSSR count). The highest BCUT2D eigenvalue weighted by atomic mass is 32.2. The summed E-state index contributed by atoms with van der Waals surface area (Å²) in [7, 11) is -3.73. The Morgan fingerprint density at radius 1 is 0.862 bits per heavy atom. The molecule has 3 aromatic carbocycles. The first kappa shape index (κ1) is 18.9. The third-order valence-corrected chi connectivity index (χ3v) is 5.81. The summed E-state index contributed by atoms with van der Waals surface area (Å²) in [6.45, 7) is 1.90. The van der Waals surface area contributed by atoms with E-state index in [-0.39, 0.29) is 16.5 Å². The number of primary sulfonamides is 1. The van der Waals surface area contributed by atoms with Crippen molar-refractivity contribution in [2.45, 2.75) is 11.8 Å². The average molecular weight is 407 g/mol. The summed E-state index contributed by atoms with van der Waals surface area (Å²) in [6, 6.07) is 20.3. The number of nitrogens with zero attached hydrogens (tertiary/aromatic N) is 2.